The zero-order chi connectivity index (χ0) is 18.1. The minimum Gasteiger partial charge on any atom is -0.461 e. The number of nitrogens with zero attached hydrogens (tertiary/aromatic N) is 2. The topological polar surface area (TPSA) is 44.1 Å². The number of carbonyl (C=O) groups excluding carboxylic acids is 1. The first-order valence-electron chi connectivity index (χ1n) is 8.42. The Morgan fingerprint density at radius 2 is 1.79 bits per heavy atom. The van der Waals surface area contributed by atoms with Crippen LogP contribution in [0.5, 0.6) is 0 Å². The molecule has 0 bridgehead atoms. The Hall–Kier alpha value is -1.88. The van der Waals surface area contributed by atoms with Crippen molar-refractivity contribution < 1.29 is 9.53 Å². The van der Waals surface area contributed by atoms with Crippen LogP contribution in [-0.2, 0) is 4.74 Å². The fourth-order valence-corrected chi connectivity index (χ4v) is 3.92. The lowest BCUT2D eigenvalue weighted by Gasteiger charge is -2.35. The van der Waals surface area contributed by atoms with Crippen molar-refractivity contribution in [1.29, 1.82) is 0 Å². The Bertz CT molecular complexity index is 725. The molecule has 0 spiro atoms. The van der Waals surface area contributed by atoms with Gasteiger partial charge in [-0.1, -0.05) is 51.6 Å². The number of hydrogen-bond acceptors (Lipinski definition) is 3. The molecule has 24 heavy (non-hydrogen) atoms. The van der Waals surface area contributed by atoms with E-state index in [-0.39, 0.29) is 11.0 Å². The number of rotatable bonds is 4. The predicted octanol–water partition coefficient (Wildman–Crippen LogP) is 4.07. The normalized spacial score (nSPS) is 12.3. The van der Waals surface area contributed by atoms with E-state index < -0.39 is 8.07 Å². The molecular formula is C19H28N2O2Si. The summed E-state index contributed by atoms with van der Waals surface area (Å²) in [5, 5.41) is 6.00. The number of carbonyl (C=O) groups is 1. The van der Waals surface area contributed by atoms with E-state index in [9.17, 15) is 4.79 Å². The second-order valence-corrected chi connectivity index (χ2v) is 13.0. The van der Waals surface area contributed by atoms with Gasteiger partial charge < -0.3 is 4.74 Å². The van der Waals surface area contributed by atoms with Crippen molar-refractivity contribution >= 4 is 19.4 Å². The van der Waals surface area contributed by atoms with Crippen molar-refractivity contribution in [1.82, 2.24) is 9.78 Å². The van der Waals surface area contributed by atoms with Crippen LogP contribution in [0.3, 0.4) is 0 Å². The van der Waals surface area contributed by atoms with Crippen molar-refractivity contribution in [2.75, 3.05) is 6.61 Å². The van der Waals surface area contributed by atoms with Gasteiger partial charge in [-0.2, -0.15) is 5.10 Å². The van der Waals surface area contributed by atoms with Crippen LogP contribution in [0, 0.1) is 6.92 Å². The molecule has 4 nitrogen and oxygen atoms in total. The zero-order valence-corrected chi connectivity index (χ0v) is 16.8. The second-order valence-electron chi connectivity index (χ2n) is 7.76. The number of aromatic nitrogens is 2. The monoisotopic (exact) mass is 344 g/mol. The van der Waals surface area contributed by atoms with E-state index in [4.69, 9.17) is 9.84 Å². The quantitative estimate of drug-likeness (QED) is 0.620. The highest BCUT2D eigenvalue weighted by Crippen LogP contribution is 2.35. The average molecular weight is 345 g/mol. The summed E-state index contributed by atoms with van der Waals surface area (Å²) in [6, 6.07) is 9.95. The Morgan fingerprint density at radius 1 is 1.21 bits per heavy atom. The summed E-state index contributed by atoms with van der Waals surface area (Å²) >= 11 is 0. The summed E-state index contributed by atoms with van der Waals surface area (Å²) in [5.74, 6) is -0.324. The zero-order valence-electron chi connectivity index (χ0n) is 15.8. The van der Waals surface area contributed by atoms with Gasteiger partial charge in [0.05, 0.1) is 12.3 Å². The van der Waals surface area contributed by atoms with Gasteiger partial charge in [-0.25, -0.2) is 9.48 Å². The summed E-state index contributed by atoms with van der Waals surface area (Å²) in [6.45, 7) is 15.5. The summed E-state index contributed by atoms with van der Waals surface area (Å²) < 4.78 is 6.97. The summed E-state index contributed by atoms with van der Waals surface area (Å²) in [4.78, 5) is 12.4. The minimum absolute atomic E-state index is 0.144. The first-order chi connectivity index (χ1) is 11.1. The van der Waals surface area contributed by atoms with Crippen molar-refractivity contribution in [2.24, 2.45) is 0 Å². The molecule has 0 aliphatic carbocycles. The number of esters is 1. The largest absolute Gasteiger partial charge is 0.461 e. The van der Waals surface area contributed by atoms with E-state index in [1.54, 1.807) is 4.68 Å². The average Bonchev–Trinajstić information content (AvgIpc) is 2.93. The van der Waals surface area contributed by atoms with Crippen LogP contribution in [0.4, 0.5) is 0 Å². The predicted molar refractivity (Wildman–Crippen MR) is 101 cm³/mol. The van der Waals surface area contributed by atoms with Crippen LogP contribution >= 0.6 is 0 Å². The van der Waals surface area contributed by atoms with Crippen LogP contribution in [-0.4, -0.2) is 30.4 Å². The molecule has 0 radical (unpaired) electrons. The van der Waals surface area contributed by atoms with E-state index in [0.717, 1.165) is 11.0 Å². The highest BCUT2D eigenvalue weighted by Gasteiger charge is 2.40. The molecule has 0 saturated carbocycles. The van der Waals surface area contributed by atoms with Crippen LogP contribution in [0.15, 0.2) is 30.3 Å². The number of ether oxygens (including phenoxy) is 1. The molecule has 1 aromatic heterocycles. The molecule has 0 fully saturated rings. The summed E-state index contributed by atoms with van der Waals surface area (Å²) in [5.41, 5.74) is 2.56. The molecular weight excluding hydrogens is 316 g/mol. The lowest BCUT2D eigenvalue weighted by molar-refractivity contribution is 0.0515. The molecule has 2 rings (SSSR count). The maximum Gasteiger partial charge on any atom is 0.357 e. The molecule has 0 saturated heterocycles. The summed E-state index contributed by atoms with van der Waals surface area (Å²) in [6.07, 6.45) is 0. The minimum atomic E-state index is -1.84. The van der Waals surface area contributed by atoms with Gasteiger partial charge in [-0.3, -0.25) is 0 Å². The van der Waals surface area contributed by atoms with E-state index in [0.29, 0.717) is 12.3 Å². The van der Waals surface area contributed by atoms with Crippen LogP contribution < -0.4 is 5.32 Å². The molecule has 0 unspecified atom stereocenters. The van der Waals surface area contributed by atoms with Crippen molar-refractivity contribution in [3.05, 3.63) is 41.6 Å². The SMILES string of the molecule is CCOC(=O)c1cc([Si](C)(C)C(C)(C)C)nn1-c1ccc(C)cc1. The number of aryl methyl sites for hydroxylation is 1. The highest BCUT2D eigenvalue weighted by atomic mass is 28.3. The third-order valence-electron chi connectivity index (χ3n) is 4.99. The lowest BCUT2D eigenvalue weighted by Crippen LogP contribution is -2.50. The molecule has 2 aromatic rings. The molecule has 0 amide bonds. The van der Waals surface area contributed by atoms with Gasteiger partial charge in [0.1, 0.15) is 8.07 Å². The molecule has 130 valence electrons. The van der Waals surface area contributed by atoms with Gasteiger partial charge in [0.2, 0.25) is 0 Å². The first kappa shape index (κ1) is 18.5. The smallest absolute Gasteiger partial charge is 0.357 e. The van der Waals surface area contributed by atoms with Crippen LogP contribution in [0.1, 0.15) is 43.7 Å². The van der Waals surface area contributed by atoms with Crippen molar-refractivity contribution in [2.45, 2.75) is 52.8 Å². The second kappa shape index (κ2) is 6.55. The van der Waals surface area contributed by atoms with Crippen molar-refractivity contribution in [3.63, 3.8) is 0 Å². The summed E-state index contributed by atoms with van der Waals surface area (Å²) in [7, 11) is -1.84. The van der Waals surface area contributed by atoms with Gasteiger partial charge in [0.25, 0.3) is 0 Å². The third-order valence-corrected chi connectivity index (χ3v) is 10.3. The third kappa shape index (κ3) is 3.46. The Balaban J connectivity index is 2.60. The van der Waals surface area contributed by atoms with E-state index >= 15 is 0 Å². The molecule has 1 heterocycles. The van der Waals surface area contributed by atoms with E-state index in [1.807, 2.05) is 44.2 Å². The Kier molecular flexibility index (Phi) is 5.04. The molecule has 0 atom stereocenters. The fourth-order valence-electron chi connectivity index (χ4n) is 2.30. The first-order valence-corrected chi connectivity index (χ1v) is 11.4. The van der Waals surface area contributed by atoms with Gasteiger partial charge in [0.15, 0.2) is 5.69 Å². The number of hydrogen-bond donors (Lipinski definition) is 0. The van der Waals surface area contributed by atoms with Gasteiger partial charge in [-0.15, -0.1) is 0 Å². The Labute approximate surface area is 145 Å². The van der Waals surface area contributed by atoms with E-state index in [2.05, 4.69) is 33.9 Å². The standard InChI is InChI=1S/C19H28N2O2Si/c1-8-23-18(22)16-13-17(24(6,7)19(3,4)5)20-21(16)15-11-9-14(2)10-12-15/h9-13H,8H2,1-7H3. The van der Waals surface area contributed by atoms with Crippen molar-refractivity contribution in [3.8, 4) is 5.69 Å². The van der Waals surface area contributed by atoms with Crippen LogP contribution in [0.2, 0.25) is 18.1 Å². The lowest BCUT2D eigenvalue weighted by atomic mass is 10.2. The maximum atomic E-state index is 12.4. The van der Waals surface area contributed by atoms with Crippen LogP contribution in [0.25, 0.3) is 5.69 Å². The Morgan fingerprint density at radius 3 is 2.29 bits per heavy atom. The van der Waals surface area contributed by atoms with Gasteiger partial charge >= 0.3 is 5.97 Å². The molecule has 0 N–H and O–H groups in total. The molecule has 0 aliphatic heterocycles. The van der Waals surface area contributed by atoms with E-state index in [1.165, 1.54) is 5.56 Å². The fraction of sp³-hybridized carbons (Fsp3) is 0.474. The number of benzene rings is 1. The van der Waals surface area contributed by atoms with Gasteiger partial charge in [0, 0.05) is 5.32 Å². The molecule has 0 aliphatic rings. The maximum absolute atomic E-state index is 12.4. The van der Waals surface area contributed by atoms with Gasteiger partial charge in [-0.05, 0) is 37.1 Å². The highest BCUT2D eigenvalue weighted by molar-refractivity contribution is 6.91. The molecule has 5 heteroatoms. The molecule has 1 aromatic carbocycles.